The number of carbonyl (C=O) groups excluding carboxylic acids is 1. The third kappa shape index (κ3) is 4.51. The highest BCUT2D eigenvalue weighted by atomic mass is 16.5. The molecule has 0 saturated carbocycles. The number of hydrogen-bond acceptors (Lipinski definition) is 6. The van der Waals surface area contributed by atoms with Gasteiger partial charge in [0, 0.05) is 25.5 Å². The Kier molecular flexibility index (Phi) is 6.18. The molecule has 1 amide bonds. The molecule has 1 atom stereocenters. The van der Waals surface area contributed by atoms with E-state index in [1.807, 2.05) is 27.8 Å². The summed E-state index contributed by atoms with van der Waals surface area (Å²) in [6.45, 7) is 2.35. The Labute approximate surface area is 158 Å². The number of nitrogens with zero attached hydrogens (tertiary/aromatic N) is 3. The summed E-state index contributed by atoms with van der Waals surface area (Å²) in [5.74, 6) is 1.64. The van der Waals surface area contributed by atoms with E-state index in [-0.39, 0.29) is 18.4 Å². The van der Waals surface area contributed by atoms with Crippen molar-refractivity contribution >= 4 is 5.91 Å². The van der Waals surface area contributed by atoms with Crippen LogP contribution in [0.5, 0.6) is 17.2 Å². The molecular formula is C19H25N3O5. The van der Waals surface area contributed by atoms with Gasteiger partial charge in [0.05, 0.1) is 53.3 Å². The number of carbonyl (C=O) groups is 1. The van der Waals surface area contributed by atoms with Crippen molar-refractivity contribution < 1.29 is 23.7 Å². The molecule has 2 aromatic rings. The monoisotopic (exact) mass is 375 g/mol. The number of ether oxygens (including phenoxy) is 4. The summed E-state index contributed by atoms with van der Waals surface area (Å²) >= 11 is 0. The van der Waals surface area contributed by atoms with Crippen molar-refractivity contribution in [1.82, 2.24) is 14.5 Å². The number of morpholine rings is 1. The third-order valence-electron chi connectivity index (χ3n) is 4.54. The number of aromatic nitrogens is 2. The normalized spacial score (nSPS) is 16.9. The van der Waals surface area contributed by atoms with Gasteiger partial charge in [0.1, 0.15) is 0 Å². The minimum absolute atomic E-state index is 0.0446. The molecule has 0 aliphatic carbocycles. The molecule has 0 spiro atoms. The van der Waals surface area contributed by atoms with Crippen molar-refractivity contribution in [3.8, 4) is 17.2 Å². The largest absolute Gasteiger partial charge is 0.493 e. The molecule has 146 valence electrons. The van der Waals surface area contributed by atoms with Crippen molar-refractivity contribution in [1.29, 1.82) is 0 Å². The molecule has 1 fully saturated rings. The van der Waals surface area contributed by atoms with Crippen LogP contribution in [0.4, 0.5) is 0 Å². The van der Waals surface area contributed by atoms with Crippen molar-refractivity contribution in [3.63, 3.8) is 0 Å². The van der Waals surface area contributed by atoms with Gasteiger partial charge in [-0.25, -0.2) is 4.98 Å². The summed E-state index contributed by atoms with van der Waals surface area (Å²) in [5.41, 5.74) is 0.812. The smallest absolute Gasteiger partial charge is 0.227 e. The lowest BCUT2D eigenvalue weighted by molar-refractivity contribution is -0.138. The molecule has 1 aromatic carbocycles. The Morgan fingerprint density at radius 3 is 2.56 bits per heavy atom. The lowest BCUT2D eigenvalue weighted by atomic mass is 10.1. The van der Waals surface area contributed by atoms with Gasteiger partial charge in [-0.3, -0.25) is 4.79 Å². The minimum Gasteiger partial charge on any atom is -0.493 e. The quantitative estimate of drug-likeness (QED) is 0.728. The average Bonchev–Trinajstić information content (AvgIpc) is 3.20. The van der Waals surface area contributed by atoms with E-state index in [1.54, 1.807) is 33.9 Å². The minimum atomic E-state index is -0.0446. The first-order valence-electron chi connectivity index (χ1n) is 8.78. The van der Waals surface area contributed by atoms with Crippen LogP contribution in [0.25, 0.3) is 0 Å². The van der Waals surface area contributed by atoms with Crippen LogP contribution in [0.1, 0.15) is 5.56 Å². The number of methoxy groups -OCH3 is 3. The molecule has 0 unspecified atom stereocenters. The molecule has 2 heterocycles. The maximum atomic E-state index is 12.8. The van der Waals surface area contributed by atoms with Gasteiger partial charge in [0.2, 0.25) is 11.7 Å². The summed E-state index contributed by atoms with van der Waals surface area (Å²) in [6, 6.07) is 3.62. The zero-order valence-corrected chi connectivity index (χ0v) is 15.9. The first-order valence-corrected chi connectivity index (χ1v) is 8.78. The molecule has 1 aliphatic rings. The van der Waals surface area contributed by atoms with Crippen molar-refractivity contribution in [3.05, 3.63) is 36.4 Å². The van der Waals surface area contributed by atoms with Crippen molar-refractivity contribution in [2.24, 2.45) is 0 Å². The molecular weight excluding hydrogens is 350 g/mol. The molecule has 0 N–H and O–H groups in total. The van der Waals surface area contributed by atoms with Crippen molar-refractivity contribution in [2.45, 2.75) is 19.1 Å². The fraction of sp³-hybridized carbons (Fsp3) is 0.474. The van der Waals surface area contributed by atoms with Gasteiger partial charge in [-0.1, -0.05) is 0 Å². The van der Waals surface area contributed by atoms with Crippen LogP contribution in [0.3, 0.4) is 0 Å². The highest BCUT2D eigenvalue weighted by Gasteiger charge is 2.25. The summed E-state index contributed by atoms with van der Waals surface area (Å²) in [5, 5.41) is 0. The number of benzene rings is 1. The van der Waals surface area contributed by atoms with E-state index in [0.29, 0.717) is 43.5 Å². The summed E-state index contributed by atoms with van der Waals surface area (Å²) < 4.78 is 23.8. The lowest BCUT2D eigenvalue weighted by Crippen LogP contribution is -2.47. The molecule has 1 aliphatic heterocycles. The molecule has 0 bridgehead atoms. The van der Waals surface area contributed by atoms with Crippen LogP contribution in [0.15, 0.2) is 30.9 Å². The highest BCUT2D eigenvalue weighted by molar-refractivity contribution is 5.79. The Bertz CT molecular complexity index is 738. The fourth-order valence-electron chi connectivity index (χ4n) is 3.21. The van der Waals surface area contributed by atoms with Crippen LogP contribution in [0.2, 0.25) is 0 Å². The first-order chi connectivity index (χ1) is 13.1. The number of hydrogen-bond donors (Lipinski definition) is 0. The van der Waals surface area contributed by atoms with Crippen LogP contribution in [-0.2, 0) is 22.5 Å². The first kappa shape index (κ1) is 19.0. The standard InChI is InChI=1S/C19H25N3O5/c1-24-16-8-14(9-17(25-2)19(16)26-3)10-18(23)22-6-7-27-15(12-22)11-21-5-4-20-13-21/h4-5,8-9,13,15H,6-7,10-12H2,1-3H3/t15-/m0/s1. The predicted octanol–water partition coefficient (Wildman–Crippen LogP) is 1.38. The maximum Gasteiger partial charge on any atom is 0.227 e. The Morgan fingerprint density at radius 1 is 1.22 bits per heavy atom. The zero-order valence-electron chi connectivity index (χ0n) is 15.9. The van der Waals surface area contributed by atoms with Gasteiger partial charge in [0.15, 0.2) is 11.5 Å². The second-order valence-corrected chi connectivity index (χ2v) is 6.30. The summed E-state index contributed by atoms with van der Waals surface area (Å²) in [4.78, 5) is 18.7. The van der Waals surface area contributed by atoms with Gasteiger partial charge in [-0.05, 0) is 17.7 Å². The van der Waals surface area contributed by atoms with Crippen LogP contribution in [0, 0.1) is 0 Å². The second-order valence-electron chi connectivity index (χ2n) is 6.30. The van der Waals surface area contributed by atoms with E-state index < -0.39 is 0 Å². The summed E-state index contributed by atoms with van der Waals surface area (Å²) in [7, 11) is 4.68. The second kappa shape index (κ2) is 8.77. The Morgan fingerprint density at radius 2 is 1.96 bits per heavy atom. The molecule has 3 rings (SSSR count). The van der Waals surface area contributed by atoms with E-state index in [0.717, 1.165) is 5.56 Å². The van der Waals surface area contributed by atoms with Crippen LogP contribution in [-0.4, -0.2) is 67.5 Å². The van der Waals surface area contributed by atoms with Crippen LogP contribution >= 0.6 is 0 Å². The van der Waals surface area contributed by atoms with Crippen LogP contribution < -0.4 is 14.2 Å². The molecule has 1 saturated heterocycles. The number of amides is 1. The Hall–Kier alpha value is -2.74. The SMILES string of the molecule is COc1cc(CC(=O)N2CCO[C@@H](Cn3ccnc3)C2)cc(OC)c1OC. The highest BCUT2D eigenvalue weighted by Crippen LogP contribution is 2.38. The van der Waals surface area contributed by atoms with Crippen molar-refractivity contribution in [2.75, 3.05) is 41.0 Å². The predicted molar refractivity (Wildman–Crippen MR) is 98.3 cm³/mol. The fourth-order valence-corrected chi connectivity index (χ4v) is 3.21. The lowest BCUT2D eigenvalue weighted by Gasteiger charge is -2.33. The van der Waals surface area contributed by atoms with Gasteiger partial charge < -0.3 is 28.4 Å². The number of rotatable bonds is 7. The van der Waals surface area contributed by atoms with Gasteiger partial charge >= 0.3 is 0 Å². The van der Waals surface area contributed by atoms with Gasteiger partial charge in [-0.2, -0.15) is 0 Å². The third-order valence-corrected chi connectivity index (χ3v) is 4.54. The maximum absolute atomic E-state index is 12.8. The molecule has 0 radical (unpaired) electrons. The van der Waals surface area contributed by atoms with Gasteiger partial charge in [0.25, 0.3) is 0 Å². The van der Waals surface area contributed by atoms with E-state index in [9.17, 15) is 4.79 Å². The molecule has 27 heavy (non-hydrogen) atoms. The average molecular weight is 375 g/mol. The van der Waals surface area contributed by atoms with E-state index in [4.69, 9.17) is 18.9 Å². The van der Waals surface area contributed by atoms with E-state index in [1.165, 1.54) is 0 Å². The molecule has 8 heteroatoms. The van der Waals surface area contributed by atoms with E-state index in [2.05, 4.69) is 4.98 Å². The number of imidazole rings is 1. The van der Waals surface area contributed by atoms with E-state index >= 15 is 0 Å². The Balaban J connectivity index is 1.67. The topological polar surface area (TPSA) is 75.0 Å². The van der Waals surface area contributed by atoms with Gasteiger partial charge in [-0.15, -0.1) is 0 Å². The molecule has 1 aromatic heterocycles. The zero-order chi connectivity index (χ0) is 19.2. The molecule has 8 nitrogen and oxygen atoms in total. The summed E-state index contributed by atoms with van der Waals surface area (Å²) in [6.07, 6.45) is 5.59.